The summed E-state index contributed by atoms with van der Waals surface area (Å²) < 4.78 is 6.21. The molecule has 1 aromatic heterocycles. The number of thioether (sulfide) groups is 1. The number of aromatic nitrogens is 3. The first-order chi connectivity index (χ1) is 14.5. The van der Waals surface area contributed by atoms with E-state index in [1.54, 1.807) is 48.5 Å². The summed E-state index contributed by atoms with van der Waals surface area (Å²) in [6, 6.07) is 12.4. The Labute approximate surface area is 181 Å². The van der Waals surface area contributed by atoms with E-state index in [2.05, 4.69) is 15.6 Å². The van der Waals surface area contributed by atoms with Crippen LogP contribution in [0.15, 0.2) is 53.3 Å². The molecule has 1 heterocycles. The quantitative estimate of drug-likeness (QED) is 0.530. The molecule has 1 N–H and O–H groups in total. The Morgan fingerprint density at radius 1 is 1.20 bits per heavy atom. The van der Waals surface area contributed by atoms with Crippen LogP contribution in [0.5, 0.6) is 0 Å². The number of amides is 1. The van der Waals surface area contributed by atoms with E-state index in [0.29, 0.717) is 23.1 Å². The van der Waals surface area contributed by atoms with Gasteiger partial charge in [0.25, 0.3) is 11.5 Å². The smallest absolute Gasteiger partial charge is 0.330 e. The highest BCUT2D eigenvalue weighted by Crippen LogP contribution is 2.15. The normalized spacial score (nSPS) is 11.8. The van der Waals surface area contributed by atoms with Gasteiger partial charge in [0.05, 0.1) is 16.0 Å². The zero-order chi connectivity index (χ0) is 21.5. The highest BCUT2D eigenvalue weighted by molar-refractivity contribution is 7.98. The number of halogens is 1. The number of carbonyl (C=O) groups is 2. The van der Waals surface area contributed by atoms with Gasteiger partial charge in [-0.25, -0.2) is 4.79 Å². The van der Waals surface area contributed by atoms with Crippen molar-refractivity contribution in [2.24, 2.45) is 0 Å². The minimum absolute atomic E-state index is 0.262. The van der Waals surface area contributed by atoms with Crippen LogP contribution in [0.1, 0.15) is 16.8 Å². The molecule has 0 aliphatic carbocycles. The zero-order valence-corrected chi connectivity index (χ0v) is 17.7. The third kappa shape index (κ3) is 5.17. The minimum atomic E-state index is -0.898. The van der Waals surface area contributed by atoms with Gasteiger partial charge in [0.2, 0.25) is 0 Å². The molecular weight excluding hydrogens is 428 g/mol. The highest BCUT2D eigenvalue weighted by atomic mass is 35.5. The van der Waals surface area contributed by atoms with Crippen LogP contribution < -0.4 is 10.9 Å². The fraction of sp³-hybridized carbons (Fsp3) is 0.250. The van der Waals surface area contributed by atoms with E-state index in [9.17, 15) is 14.4 Å². The number of nitrogens with zero attached hydrogens (tertiary/aromatic N) is 3. The van der Waals surface area contributed by atoms with Crippen molar-refractivity contribution in [3.8, 4) is 0 Å². The third-order valence-electron chi connectivity index (χ3n) is 4.28. The summed E-state index contributed by atoms with van der Waals surface area (Å²) in [5.74, 6) is -0.532. The minimum Gasteiger partial charge on any atom is -0.441 e. The Morgan fingerprint density at radius 3 is 2.70 bits per heavy atom. The lowest BCUT2D eigenvalue weighted by Crippen LogP contribution is -2.43. The third-order valence-corrected chi connectivity index (χ3v) is 5.25. The van der Waals surface area contributed by atoms with E-state index in [4.69, 9.17) is 16.3 Å². The second-order valence-electron chi connectivity index (χ2n) is 6.29. The van der Waals surface area contributed by atoms with Crippen molar-refractivity contribution in [2.45, 2.75) is 19.2 Å². The fourth-order valence-corrected chi connectivity index (χ4v) is 3.39. The Kier molecular flexibility index (Phi) is 7.42. The van der Waals surface area contributed by atoms with Crippen LogP contribution in [-0.4, -0.2) is 44.9 Å². The summed E-state index contributed by atoms with van der Waals surface area (Å²) in [5, 5.41) is 11.0. The summed E-state index contributed by atoms with van der Waals surface area (Å²) in [7, 11) is 0. The second-order valence-corrected chi connectivity index (χ2v) is 7.68. The fourth-order valence-electron chi connectivity index (χ4n) is 2.70. The molecular formula is C20H19ClN4O4S. The molecule has 8 nitrogen and oxygen atoms in total. The lowest BCUT2D eigenvalue weighted by molar-refractivity contribution is -0.150. The van der Waals surface area contributed by atoms with Crippen molar-refractivity contribution >= 4 is 46.1 Å². The average Bonchev–Trinajstić information content (AvgIpc) is 2.76. The number of ether oxygens (including phenoxy) is 1. The maximum absolute atomic E-state index is 12.6. The number of benzene rings is 2. The predicted octanol–water partition coefficient (Wildman–Crippen LogP) is 2.50. The Balaban J connectivity index is 1.71. The van der Waals surface area contributed by atoms with Gasteiger partial charge in [-0.05, 0) is 42.7 Å². The van der Waals surface area contributed by atoms with Crippen molar-refractivity contribution < 1.29 is 14.3 Å². The van der Waals surface area contributed by atoms with Crippen molar-refractivity contribution in [1.82, 2.24) is 20.3 Å². The van der Waals surface area contributed by atoms with Gasteiger partial charge in [0, 0.05) is 0 Å². The molecule has 0 aliphatic rings. The maximum atomic E-state index is 12.6. The standard InChI is InChI=1S/C20H19ClN4O4S/c1-30-11-10-17(22-18(26)13-6-2-4-8-15(13)21)20(28)29-12-25-19(27)14-7-3-5-9-16(14)23-24-25/h2-9,17H,10-12H2,1H3,(H,22,26). The largest absolute Gasteiger partial charge is 0.441 e. The number of nitrogens with one attached hydrogen (secondary N) is 1. The van der Waals surface area contributed by atoms with Crippen molar-refractivity contribution in [3.05, 3.63) is 69.5 Å². The molecule has 156 valence electrons. The lowest BCUT2D eigenvalue weighted by atomic mass is 10.1. The van der Waals surface area contributed by atoms with Crippen LogP contribution >= 0.6 is 23.4 Å². The zero-order valence-electron chi connectivity index (χ0n) is 16.1. The lowest BCUT2D eigenvalue weighted by Gasteiger charge is -2.18. The summed E-state index contributed by atoms with van der Waals surface area (Å²) >= 11 is 7.59. The topological polar surface area (TPSA) is 103 Å². The number of rotatable bonds is 8. The maximum Gasteiger partial charge on any atom is 0.330 e. The van der Waals surface area contributed by atoms with Gasteiger partial charge < -0.3 is 10.1 Å². The summed E-state index contributed by atoms with van der Waals surface area (Å²) in [4.78, 5) is 37.6. The molecule has 0 aliphatic heterocycles. The van der Waals surface area contributed by atoms with Crippen LogP contribution in [0, 0.1) is 0 Å². The van der Waals surface area contributed by atoms with Crippen LogP contribution in [-0.2, 0) is 16.3 Å². The van der Waals surface area contributed by atoms with Crippen molar-refractivity contribution in [2.75, 3.05) is 12.0 Å². The molecule has 0 saturated heterocycles. The highest BCUT2D eigenvalue weighted by Gasteiger charge is 2.24. The number of hydrogen-bond donors (Lipinski definition) is 1. The summed E-state index contributed by atoms with van der Waals surface area (Å²) in [6.45, 7) is -0.409. The Morgan fingerprint density at radius 2 is 1.93 bits per heavy atom. The average molecular weight is 447 g/mol. The van der Waals surface area contributed by atoms with Gasteiger partial charge in [-0.2, -0.15) is 16.4 Å². The van der Waals surface area contributed by atoms with Crippen molar-refractivity contribution in [1.29, 1.82) is 0 Å². The number of fused-ring (bicyclic) bond motifs is 1. The number of carbonyl (C=O) groups excluding carboxylic acids is 2. The summed E-state index contributed by atoms with van der Waals surface area (Å²) in [5.41, 5.74) is 0.293. The van der Waals surface area contributed by atoms with Gasteiger partial charge >= 0.3 is 5.97 Å². The van der Waals surface area contributed by atoms with Gasteiger partial charge in [-0.1, -0.05) is 41.1 Å². The first-order valence-corrected chi connectivity index (χ1v) is 10.8. The van der Waals surface area contributed by atoms with Gasteiger partial charge in [0.1, 0.15) is 11.6 Å². The van der Waals surface area contributed by atoms with Crippen LogP contribution in [0.4, 0.5) is 0 Å². The molecule has 0 radical (unpaired) electrons. The molecule has 2 aromatic carbocycles. The molecule has 0 bridgehead atoms. The molecule has 1 unspecified atom stereocenters. The van der Waals surface area contributed by atoms with Gasteiger partial charge in [-0.15, -0.1) is 5.10 Å². The van der Waals surface area contributed by atoms with Gasteiger partial charge in [-0.3, -0.25) is 9.59 Å². The van der Waals surface area contributed by atoms with Crippen LogP contribution in [0.2, 0.25) is 5.02 Å². The van der Waals surface area contributed by atoms with Gasteiger partial charge in [0.15, 0.2) is 6.73 Å². The molecule has 0 spiro atoms. The Hall–Kier alpha value is -2.91. The molecule has 1 atom stereocenters. The van der Waals surface area contributed by atoms with E-state index >= 15 is 0 Å². The predicted molar refractivity (Wildman–Crippen MR) is 116 cm³/mol. The molecule has 10 heteroatoms. The Bertz CT molecular complexity index is 1120. The van der Waals surface area contributed by atoms with E-state index in [1.807, 2.05) is 6.26 Å². The molecule has 0 fully saturated rings. The molecule has 30 heavy (non-hydrogen) atoms. The van der Waals surface area contributed by atoms with Crippen LogP contribution in [0.3, 0.4) is 0 Å². The monoisotopic (exact) mass is 446 g/mol. The van der Waals surface area contributed by atoms with E-state index < -0.39 is 30.2 Å². The number of esters is 1. The second kappa shape index (κ2) is 10.2. The molecule has 1 amide bonds. The first kappa shape index (κ1) is 21.8. The van der Waals surface area contributed by atoms with Crippen molar-refractivity contribution in [3.63, 3.8) is 0 Å². The van der Waals surface area contributed by atoms with E-state index in [0.717, 1.165) is 4.68 Å². The van der Waals surface area contributed by atoms with Crippen LogP contribution in [0.25, 0.3) is 10.9 Å². The van der Waals surface area contributed by atoms with E-state index in [-0.39, 0.29) is 10.6 Å². The van der Waals surface area contributed by atoms with E-state index in [1.165, 1.54) is 11.8 Å². The SMILES string of the molecule is CSCCC(NC(=O)c1ccccc1Cl)C(=O)OCn1nnc2ccccc2c1=O. The summed E-state index contributed by atoms with van der Waals surface area (Å²) in [6.07, 6.45) is 2.25. The first-order valence-electron chi connectivity index (χ1n) is 9.04. The number of hydrogen-bond acceptors (Lipinski definition) is 7. The molecule has 3 aromatic rings. The molecule has 0 saturated carbocycles. The molecule has 3 rings (SSSR count).